The van der Waals surface area contributed by atoms with Crippen LogP contribution in [0.3, 0.4) is 0 Å². The van der Waals surface area contributed by atoms with Crippen LogP contribution in [0.5, 0.6) is 5.75 Å². The average Bonchev–Trinajstić information content (AvgIpc) is 2.91. The van der Waals surface area contributed by atoms with Gasteiger partial charge >= 0.3 is 23.9 Å². The molecule has 43 heavy (non-hydrogen) atoms. The van der Waals surface area contributed by atoms with E-state index in [1.165, 1.54) is 41.0 Å². The van der Waals surface area contributed by atoms with Crippen LogP contribution in [-0.2, 0) is 28.7 Å². The molecule has 1 aliphatic heterocycles. The minimum absolute atomic E-state index is 0.145. The van der Waals surface area contributed by atoms with Crippen LogP contribution in [0.15, 0.2) is 47.3 Å². The normalized spacial score (nSPS) is 21.7. The molecule has 2 heterocycles. The zero-order valence-electron chi connectivity index (χ0n) is 23.1. The maximum atomic E-state index is 14.4. The molecule has 0 bridgehead atoms. The molecule has 1 aliphatic rings. The molecule has 1 aromatic heterocycles. The summed E-state index contributed by atoms with van der Waals surface area (Å²) >= 11 is 0. The van der Waals surface area contributed by atoms with Crippen LogP contribution in [0.25, 0.3) is 16.6 Å². The molecular formula is C29H29FN2O11. The molecule has 3 aromatic rings. The van der Waals surface area contributed by atoms with Gasteiger partial charge in [-0.25, -0.2) is 9.37 Å². The Bertz CT molecular complexity index is 1600. The van der Waals surface area contributed by atoms with Gasteiger partial charge in [-0.3, -0.25) is 28.5 Å². The first kappa shape index (κ1) is 31.1. The number of hydrogen-bond donors (Lipinski definition) is 3. The van der Waals surface area contributed by atoms with Gasteiger partial charge < -0.3 is 29.5 Å². The van der Waals surface area contributed by atoms with Gasteiger partial charge in [0.1, 0.15) is 29.4 Å². The maximum Gasteiger partial charge on any atom is 0.303 e. The zero-order valence-corrected chi connectivity index (χ0v) is 23.1. The summed E-state index contributed by atoms with van der Waals surface area (Å²) in [5, 5.41) is 28.5. The topological polar surface area (TPSA) is 192 Å². The third kappa shape index (κ3) is 7.15. The van der Waals surface area contributed by atoms with Crippen molar-refractivity contribution in [2.75, 3.05) is 6.61 Å². The van der Waals surface area contributed by atoms with Crippen LogP contribution < -0.4 is 10.3 Å². The van der Waals surface area contributed by atoms with Crippen molar-refractivity contribution in [3.05, 3.63) is 64.5 Å². The molecule has 3 N–H and O–H groups in total. The Kier molecular flexibility index (Phi) is 9.39. The van der Waals surface area contributed by atoms with E-state index in [4.69, 9.17) is 14.2 Å². The first-order valence-corrected chi connectivity index (χ1v) is 13.2. The van der Waals surface area contributed by atoms with E-state index in [-0.39, 0.29) is 16.7 Å². The fourth-order valence-electron chi connectivity index (χ4n) is 5.50. The van der Waals surface area contributed by atoms with E-state index in [0.29, 0.717) is 11.5 Å². The molecule has 14 heteroatoms. The number of ether oxygens (including phenoxy) is 3. The van der Waals surface area contributed by atoms with Crippen molar-refractivity contribution in [1.82, 2.24) is 9.55 Å². The molecule has 0 saturated carbocycles. The lowest BCUT2D eigenvalue weighted by Crippen LogP contribution is -2.53. The molecule has 5 atom stereocenters. The SMILES string of the molecule is CC(=O)OC[C@H]1O[C@@H](Oc2ccc(-n3c(C)nc4cccc(F)c4c3=O)cc2)[C@@H](CC(=O)O)[C@H](CC(=O)O)[C@@H]1CC(=O)O. The van der Waals surface area contributed by atoms with Crippen LogP contribution in [0.2, 0.25) is 0 Å². The predicted octanol–water partition coefficient (Wildman–Crippen LogP) is 2.77. The van der Waals surface area contributed by atoms with E-state index < -0.39 is 91.3 Å². The highest BCUT2D eigenvalue weighted by Gasteiger charge is 2.49. The molecular weight excluding hydrogens is 571 g/mol. The summed E-state index contributed by atoms with van der Waals surface area (Å²) in [5.41, 5.74) is -0.0871. The number of carbonyl (C=O) groups excluding carboxylic acids is 1. The number of esters is 1. The molecule has 4 rings (SSSR count). The molecule has 228 valence electrons. The van der Waals surface area contributed by atoms with E-state index in [9.17, 15) is 43.7 Å². The fourth-order valence-corrected chi connectivity index (χ4v) is 5.50. The molecule has 13 nitrogen and oxygen atoms in total. The quantitative estimate of drug-likeness (QED) is 0.273. The van der Waals surface area contributed by atoms with E-state index in [0.717, 1.165) is 13.0 Å². The predicted molar refractivity (Wildman–Crippen MR) is 145 cm³/mol. The van der Waals surface area contributed by atoms with Crippen molar-refractivity contribution in [1.29, 1.82) is 0 Å². The number of aromatic nitrogens is 2. The minimum atomic E-state index is -1.36. The van der Waals surface area contributed by atoms with Gasteiger partial charge in [-0.15, -0.1) is 0 Å². The van der Waals surface area contributed by atoms with E-state index in [1.807, 2.05) is 0 Å². The van der Waals surface area contributed by atoms with Gasteiger partial charge in [-0.1, -0.05) is 6.07 Å². The van der Waals surface area contributed by atoms with Gasteiger partial charge in [0, 0.05) is 25.2 Å². The number of carboxylic acid groups (broad SMARTS) is 3. The standard InChI is InChI=1S/C29H29FN2O11/c1-14-31-22-5-3-4-21(30)27(22)28(40)32(14)16-6-8-17(9-7-16)42-29-20(12-26(38)39)18(10-24(34)35)19(11-25(36)37)23(43-29)13-41-15(2)33/h3-9,18-20,23,29H,10-13H2,1-2H3,(H,34,35)(H,36,37)(H,38,39)/t18-,19+,20+,23-,29-/m1/s1. The second-order valence-electron chi connectivity index (χ2n) is 10.2. The Morgan fingerprint density at radius 3 is 2.14 bits per heavy atom. The van der Waals surface area contributed by atoms with Crippen LogP contribution in [0.1, 0.15) is 32.0 Å². The van der Waals surface area contributed by atoms with Gasteiger partial charge in [0.2, 0.25) is 6.29 Å². The first-order chi connectivity index (χ1) is 20.3. The number of hydrogen-bond acceptors (Lipinski definition) is 9. The second kappa shape index (κ2) is 13.0. The lowest BCUT2D eigenvalue weighted by Gasteiger charge is -2.45. The Hall–Kier alpha value is -4.85. The van der Waals surface area contributed by atoms with Crippen molar-refractivity contribution in [2.45, 2.75) is 45.5 Å². The Labute approximate surface area is 243 Å². The highest BCUT2D eigenvalue weighted by atomic mass is 19.1. The summed E-state index contributed by atoms with van der Waals surface area (Å²) < 4.78 is 32.7. The molecule has 0 amide bonds. The number of carboxylic acids is 3. The van der Waals surface area contributed by atoms with Crippen molar-refractivity contribution in [3.8, 4) is 11.4 Å². The van der Waals surface area contributed by atoms with Gasteiger partial charge in [0.15, 0.2) is 0 Å². The largest absolute Gasteiger partial charge is 0.481 e. The lowest BCUT2D eigenvalue weighted by atomic mass is 9.71. The third-order valence-corrected chi connectivity index (χ3v) is 7.28. The van der Waals surface area contributed by atoms with Crippen LogP contribution in [-0.4, -0.2) is 67.7 Å². The number of nitrogens with zero attached hydrogens (tertiary/aromatic N) is 2. The molecule has 0 aliphatic carbocycles. The minimum Gasteiger partial charge on any atom is -0.481 e. The van der Waals surface area contributed by atoms with Gasteiger partial charge in [0.25, 0.3) is 5.56 Å². The summed E-state index contributed by atoms with van der Waals surface area (Å²) in [6.07, 6.45) is -4.21. The summed E-state index contributed by atoms with van der Waals surface area (Å²) in [7, 11) is 0. The maximum absolute atomic E-state index is 14.4. The number of halogens is 1. The summed E-state index contributed by atoms with van der Waals surface area (Å²) in [4.78, 5) is 64.2. The van der Waals surface area contributed by atoms with Crippen LogP contribution in [0.4, 0.5) is 4.39 Å². The van der Waals surface area contributed by atoms with Crippen molar-refractivity contribution in [3.63, 3.8) is 0 Å². The fraction of sp³-hybridized carbons (Fsp3) is 0.379. The highest BCUT2D eigenvalue weighted by Crippen LogP contribution is 2.42. The van der Waals surface area contributed by atoms with Gasteiger partial charge in [-0.05, 0) is 49.2 Å². The Morgan fingerprint density at radius 1 is 0.930 bits per heavy atom. The van der Waals surface area contributed by atoms with E-state index in [2.05, 4.69) is 4.98 Å². The smallest absolute Gasteiger partial charge is 0.303 e. The molecule has 0 spiro atoms. The lowest BCUT2D eigenvalue weighted by molar-refractivity contribution is -0.237. The number of carbonyl (C=O) groups is 4. The van der Waals surface area contributed by atoms with Gasteiger partial charge in [0.05, 0.1) is 30.1 Å². The monoisotopic (exact) mass is 600 g/mol. The number of rotatable bonds is 11. The zero-order chi connectivity index (χ0) is 31.4. The molecule has 0 unspecified atom stereocenters. The average molecular weight is 601 g/mol. The van der Waals surface area contributed by atoms with Crippen molar-refractivity contribution >= 4 is 34.8 Å². The first-order valence-electron chi connectivity index (χ1n) is 13.2. The Morgan fingerprint density at radius 2 is 1.53 bits per heavy atom. The van der Waals surface area contributed by atoms with Gasteiger partial charge in [-0.2, -0.15) is 0 Å². The number of aliphatic carboxylic acids is 3. The van der Waals surface area contributed by atoms with Crippen LogP contribution in [0, 0.1) is 30.5 Å². The summed E-state index contributed by atoms with van der Waals surface area (Å²) in [6.45, 7) is 2.32. The molecule has 2 aromatic carbocycles. The number of benzene rings is 2. The highest BCUT2D eigenvalue weighted by molar-refractivity contribution is 5.78. The van der Waals surface area contributed by atoms with Crippen LogP contribution >= 0.6 is 0 Å². The summed E-state index contributed by atoms with van der Waals surface area (Å²) in [6, 6.07) is 10.0. The third-order valence-electron chi connectivity index (χ3n) is 7.28. The summed E-state index contributed by atoms with van der Waals surface area (Å²) in [5.74, 6) is -7.92. The molecule has 1 saturated heterocycles. The second-order valence-corrected chi connectivity index (χ2v) is 10.2. The number of aryl methyl sites for hydroxylation is 1. The number of fused-ring (bicyclic) bond motifs is 1. The molecule has 0 radical (unpaired) electrons. The van der Waals surface area contributed by atoms with E-state index in [1.54, 1.807) is 6.92 Å². The van der Waals surface area contributed by atoms with Crippen molar-refractivity contribution in [2.24, 2.45) is 17.8 Å². The van der Waals surface area contributed by atoms with E-state index >= 15 is 0 Å². The molecule has 1 fully saturated rings. The van der Waals surface area contributed by atoms with Crippen molar-refractivity contribution < 1.29 is 53.1 Å². The Balaban J connectivity index is 1.69.